The van der Waals surface area contributed by atoms with E-state index in [-0.39, 0.29) is 17.9 Å². The van der Waals surface area contributed by atoms with Gasteiger partial charge in [0.2, 0.25) is 11.8 Å². The average Bonchev–Trinajstić information content (AvgIpc) is 3.05. The molecule has 2 aromatic rings. The van der Waals surface area contributed by atoms with Crippen molar-refractivity contribution in [2.24, 2.45) is 0 Å². The molecule has 0 aliphatic carbocycles. The van der Waals surface area contributed by atoms with E-state index in [1.165, 1.54) is 10.9 Å². The number of nitrogens with zero attached hydrogens (tertiary/aromatic N) is 2. The summed E-state index contributed by atoms with van der Waals surface area (Å²) in [6, 6.07) is 8.08. The number of aromatic nitrogens is 1. The second-order valence-corrected chi connectivity index (χ2v) is 7.58. The van der Waals surface area contributed by atoms with Crippen LogP contribution in [0.3, 0.4) is 0 Å². The summed E-state index contributed by atoms with van der Waals surface area (Å²) in [6.07, 6.45) is 2.41. The summed E-state index contributed by atoms with van der Waals surface area (Å²) in [5, 5.41) is 3.98. The standard InChI is InChI=1S/C20H27N3O3S/c1-3-21-19(24)11-15-13-26-10-9-23(15)20(25)14-27-18-12-22(4-2)17-8-6-5-7-16(17)18/h5-8,12,15H,3-4,9-11,13-14H2,1-2H3,(H,21,24)/t15-/m0/s1. The Labute approximate surface area is 164 Å². The van der Waals surface area contributed by atoms with Crippen molar-refractivity contribution in [3.05, 3.63) is 30.5 Å². The SMILES string of the molecule is CCNC(=O)C[C@H]1COCCN1C(=O)CSc1cn(CC)c2ccccc12. The molecule has 1 N–H and O–H groups in total. The van der Waals surface area contributed by atoms with E-state index in [4.69, 9.17) is 4.74 Å². The van der Waals surface area contributed by atoms with Gasteiger partial charge in [0.15, 0.2) is 0 Å². The normalized spacial score (nSPS) is 17.3. The number of hydrogen-bond acceptors (Lipinski definition) is 4. The quantitative estimate of drug-likeness (QED) is 0.739. The van der Waals surface area contributed by atoms with Gasteiger partial charge in [0, 0.05) is 48.1 Å². The lowest BCUT2D eigenvalue weighted by Gasteiger charge is -2.35. The van der Waals surface area contributed by atoms with E-state index >= 15 is 0 Å². The fraction of sp³-hybridized carbons (Fsp3) is 0.500. The van der Waals surface area contributed by atoms with Crippen LogP contribution in [0.4, 0.5) is 0 Å². The molecule has 1 aromatic carbocycles. The molecule has 1 fully saturated rings. The first-order valence-corrected chi connectivity index (χ1v) is 10.5. The number of benzene rings is 1. The molecule has 146 valence electrons. The fourth-order valence-corrected chi connectivity index (χ4v) is 4.42. The number of carbonyl (C=O) groups excluding carboxylic acids is 2. The second-order valence-electron chi connectivity index (χ2n) is 6.56. The van der Waals surface area contributed by atoms with Gasteiger partial charge in [0.05, 0.1) is 25.0 Å². The monoisotopic (exact) mass is 389 g/mol. The zero-order valence-electron chi connectivity index (χ0n) is 15.9. The first kappa shape index (κ1) is 19.8. The third-order valence-electron chi connectivity index (χ3n) is 4.79. The van der Waals surface area contributed by atoms with Crippen LogP contribution in [-0.2, 0) is 20.9 Å². The Morgan fingerprint density at radius 3 is 2.89 bits per heavy atom. The zero-order chi connectivity index (χ0) is 19.2. The first-order chi connectivity index (χ1) is 13.1. The van der Waals surface area contributed by atoms with Crippen molar-refractivity contribution in [1.82, 2.24) is 14.8 Å². The molecule has 0 bridgehead atoms. The van der Waals surface area contributed by atoms with E-state index in [0.29, 0.717) is 38.5 Å². The summed E-state index contributed by atoms with van der Waals surface area (Å²) in [5.41, 5.74) is 1.19. The van der Waals surface area contributed by atoms with Crippen molar-refractivity contribution in [3.8, 4) is 0 Å². The zero-order valence-corrected chi connectivity index (χ0v) is 16.8. The molecule has 1 aliphatic rings. The predicted molar refractivity (Wildman–Crippen MR) is 108 cm³/mol. The van der Waals surface area contributed by atoms with Gasteiger partial charge >= 0.3 is 0 Å². The van der Waals surface area contributed by atoms with Crippen LogP contribution in [-0.4, -0.2) is 59.4 Å². The summed E-state index contributed by atoms with van der Waals surface area (Å²) >= 11 is 1.57. The summed E-state index contributed by atoms with van der Waals surface area (Å²) < 4.78 is 7.70. The highest BCUT2D eigenvalue weighted by molar-refractivity contribution is 8.00. The van der Waals surface area contributed by atoms with Crippen LogP contribution in [0.2, 0.25) is 0 Å². The van der Waals surface area contributed by atoms with Crippen LogP contribution in [0, 0.1) is 0 Å². The van der Waals surface area contributed by atoms with Crippen LogP contribution in [0.1, 0.15) is 20.3 Å². The number of para-hydroxylation sites is 1. The smallest absolute Gasteiger partial charge is 0.233 e. The number of rotatable bonds is 7. The van der Waals surface area contributed by atoms with Gasteiger partial charge in [0.25, 0.3) is 0 Å². The number of nitrogens with one attached hydrogen (secondary N) is 1. The van der Waals surface area contributed by atoms with Crippen molar-refractivity contribution in [2.45, 2.75) is 37.8 Å². The van der Waals surface area contributed by atoms with Crippen molar-refractivity contribution >= 4 is 34.5 Å². The molecule has 2 amide bonds. The van der Waals surface area contributed by atoms with Crippen LogP contribution in [0.15, 0.2) is 35.4 Å². The Balaban J connectivity index is 1.66. The Morgan fingerprint density at radius 2 is 2.11 bits per heavy atom. The molecule has 0 radical (unpaired) electrons. The highest BCUT2D eigenvalue weighted by Gasteiger charge is 2.29. The molecule has 0 saturated carbocycles. The Morgan fingerprint density at radius 1 is 1.30 bits per heavy atom. The molecule has 1 aromatic heterocycles. The number of thioether (sulfide) groups is 1. The van der Waals surface area contributed by atoms with Crippen LogP contribution in [0.25, 0.3) is 10.9 Å². The van der Waals surface area contributed by atoms with E-state index in [2.05, 4.69) is 35.1 Å². The van der Waals surface area contributed by atoms with Gasteiger partial charge in [-0.3, -0.25) is 9.59 Å². The molecule has 1 aliphatic heterocycles. The van der Waals surface area contributed by atoms with E-state index in [1.807, 2.05) is 24.0 Å². The molecule has 0 unspecified atom stereocenters. The van der Waals surface area contributed by atoms with Crippen LogP contribution in [0.5, 0.6) is 0 Å². The molecule has 3 rings (SSSR count). The minimum Gasteiger partial charge on any atom is -0.377 e. The lowest BCUT2D eigenvalue weighted by molar-refractivity contribution is -0.139. The van der Waals surface area contributed by atoms with Crippen molar-refractivity contribution in [1.29, 1.82) is 0 Å². The van der Waals surface area contributed by atoms with Gasteiger partial charge in [-0.1, -0.05) is 18.2 Å². The number of amides is 2. The summed E-state index contributed by atoms with van der Waals surface area (Å²) in [7, 11) is 0. The minimum absolute atomic E-state index is 0.0375. The molecule has 6 nitrogen and oxygen atoms in total. The van der Waals surface area contributed by atoms with Crippen molar-refractivity contribution < 1.29 is 14.3 Å². The number of morpholine rings is 1. The predicted octanol–water partition coefficient (Wildman–Crippen LogP) is 2.51. The molecule has 0 spiro atoms. The van der Waals surface area contributed by atoms with Crippen LogP contribution < -0.4 is 5.32 Å². The van der Waals surface area contributed by atoms with E-state index in [9.17, 15) is 9.59 Å². The largest absolute Gasteiger partial charge is 0.377 e. The van der Waals surface area contributed by atoms with E-state index in [0.717, 1.165) is 11.4 Å². The van der Waals surface area contributed by atoms with Gasteiger partial charge in [0.1, 0.15) is 0 Å². The molecule has 27 heavy (non-hydrogen) atoms. The van der Waals surface area contributed by atoms with E-state index in [1.54, 1.807) is 11.8 Å². The Bertz CT molecular complexity index is 805. The molecule has 1 saturated heterocycles. The summed E-state index contributed by atoms with van der Waals surface area (Å²) in [6.45, 7) is 6.98. The van der Waals surface area contributed by atoms with Gasteiger partial charge in [-0.2, -0.15) is 0 Å². The molecular formula is C20H27N3O3S. The highest BCUT2D eigenvalue weighted by atomic mass is 32.2. The fourth-order valence-electron chi connectivity index (χ4n) is 3.45. The number of hydrogen-bond donors (Lipinski definition) is 1. The Kier molecular flexibility index (Phi) is 6.79. The van der Waals surface area contributed by atoms with Gasteiger partial charge < -0.3 is 19.5 Å². The van der Waals surface area contributed by atoms with Crippen molar-refractivity contribution in [3.63, 3.8) is 0 Å². The Hall–Kier alpha value is -1.99. The number of ether oxygens (including phenoxy) is 1. The minimum atomic E-state index is -0.185. The van der Waals surface area contributed by atoms with Crippen LogP contribution >= 0.6 is 11.8 Å². The topological polar surface area (TPSA) is 63.6 Å². The lowest BCUT2D eigenvalue weighted by Crippen LogP contribution is -2.51. The number of fused-ring (bicyclic) bond motifs is 1. The molecule has 2 heterocycles. The maximum absolute atomic E-state index is 12.8. The van der Waals surface area contributed by atoms with Gasteiger partial charge in [-0.05, 0) is 19.9 Å². The average molecular weight is 390 g/mol. The van der Waals surface area contributed by atoms with Crippen molar-refractivity contribution in [2.75, 3.05) is 32.1 Å². The second kappa shape index (κ2) is 9.28. The lowest BCUT2D eigenvalue weighted by atomic mass is 10.1. The van der Waals surface area contributed by atoms with E-state index < -0.39 is 0 Å². The van der Waals surface area contributed by atoms with Gasteiger partial charge in [-0.25, -0.2) is 0 Å². The highest BCUT2D eigenvalue weighted by Crippen LogP contribution is 2.30. The number of carbonyl (C=O) groups is 2. The third-order valence-corrected chi connectivity index (χ3v) is 5.81. The summed E-state index contributed by atoms with van der Waals surface area (Å²) in [5.74, 6) is 0.388. The first-order valence-electron chi connectivity index (χ1n) is 9.48. The summed E-state index contributed by atoms with van der Waals surface area (Å²) in [4.78, 5) is 27.7. The van der Waals surface area contributed by atoms with Gasteiger partial charge in [-0.15, -0.1) is 11.8 Å². The molecular weight excluding hydrogens is 362 g/mol. The maximum Gasteiger partial charge on any atom is 0.233 e. The molecule has 1 atom stereocenters. The number of aryl methyl sites for hydroxylation is 1. The maximum atomic E-state index is 12.8. The third kappa shape index (κ3) is 4.65. The molecule has 7 heteroatoms.